The van der Waals surface area contributed by atoms with E-state index in [1.807, 2.05) is 18.2 Å². The molecule has 0 aliphatic carbocycles. The summed E-state index contributed by atoms with van der Waals surface area (Å²) in [6.07, 6.45) is 1.80. The van der Waals surface area contributed by atoms with Crippen LogP contribution in [0.5, 0.6) is 11.5 Å². The zero-order valence-electron chi connectivity index (χ0n) is 12.6. The van der Waals surface area contributed by atoms with Gasteiger partial charge in [0.15, 0.2) is 11.5 Å². The summed E-state index contributed by atoms with van der Waals surface area (Å²) in [6.45, 7) is 2.12. The fourth-order valence-corrected chi connectivity index (χ4v) is 2.59. The number of benzene rings is 2. The van der Waals surface area contributed by atoms with E-state index in [2.05, 4.69) is 35.6 Å². The molecule has 116 valence electrons. The van der Waals surface area contributed by atoms with E-state index in [1.54, 1.807) is 0 Å². The number of ether oxygens (including phenoxy) is 2. The van der Waals surface area contributed by atoms with E-state index < -0.39 is 0 Å². The molecule has 0 amide bonds. The first-order chi connectivity index (χ1) is 10.8. The molecule has 3 N–H and O–H groups in total. The van der Waals surface area contributed by atoms with E-state index in [0.717, 1.165) is 37.4 Å². The molecule has 1 aliphatic rings. The lowest BCUT2D eigenvalue weighted by molar-refractivity contribution is 0.174. The predicted octanol–water partition coefficient (Wildman–Crippen LogP) is 2.46. The molecule has 0 bridgehead atoms. The van der Waals surface area contributed by atoms with Crippen molar-refractivity contribution in [3.05, 3.63) is 59.7 Å². The molecule has 0 radical (unpaired) electrons. The Morgan fingerprint density at radius 2 is 1.82 bits per heavy atom. The van der Waals surface area contributed by atoms with Gasteiger partial charge in [-0.15, -0.1) is 0 Å². The zero-order valence-corrected chi connectivity index (χ0v) is 12.6. The van der Waals surface area contributed by atoms with Crippen molar-refractivity contribution in [1.82, 2.24) is 5.32 Å². The van der Waals surface area contributed by atoms with E-state index in [1.165, 1.54) is 11.1 Å². The fraction of sp³-hybridized carbons (Fsp3) is 0.333. The van der Waals surface area contributed by atoms with Crippen LogP contribution in [0.25, 0.3) is 0 Å². The summed E-state index contributed by atoms with van der Waals surface area (Å²) in [4.78, 5) is 0. The van der Waals surface area contributed by atoms with Gasteiger partial charge in [-0.1, -0.05) is 36.4 Å². The highest BCUT2D eigenvalue weighted by Crippen LogP contribution is 2.32. The fourth-order valence-electron chi connectivity index (χ4n) is 2.59. The van der Waals surface area contributed by atoms with Crippen LogP contribution in [-0.4, -0.2) is 19.4 Å². The quantitative estimate of drug-likeness (QED) is 0.771. The molecule has 1 heterocycles. The number of hydrogen-bond acceptors (Lipinski definition) is 4. The van der Waals surface area contributed by atoms with Gasteiger partial charge < -0.3 is 20.5 Å². The van der Waals surface area contributed by atoms with Crippen LogP contribution in [-0.2, 0) is 13.0 Å². The molecule has 0 saturated heterocycles. The number of fused-ring (bicyclic) bond motifs is 1. The van der Waals surface area contributed by atoms with Gasteiger partial charge in [0.05, 0.1) is 0 Å². The van der Waals surface area contributed by atoms with Gasteiger partial charge in [-0.3, -0.25) is 0 Å². The summed E-state index contributed by atoms with van der Waals surface area (Å²) < 4.78 is 10.7. The van der Waals surface area contributed by atoms with Crippen molar-refractivity contribution in [2.24, 2.45) is 5.73 Å². The number of rotatable bonds is 7. The lowest BCUT2D eigenvalue weighted by Gasteiger charge is -2.13. The third kappa shape index (κ3) is 4.00. The third-order valence-corrected chi connectivity index (χ3v) is 3.80. The molecule has 4 nitrogen and oxygen atoms in total. The molecule has 1 unspecified atom stereocenters. The van der Waals surface area contributed by atoms with Gasteiger partial charge in [0.25, 0.3) is 0 Å². The molecule has 0 spiro atoms. The zero-order chi connectivity index (χ0) is 15.2. The molecule has 0 saturated carbocycles. The van der Waals surface area contributed by atoms with E-state index in [4.69, 9.17) is 15.2 Å². The summed E-state index contributed by atoms with van der Waals surface area (Å²) in [7, 11) is 0. The largest absolute Gasteiger partial charge is 0.454 e. The molecular formula is C18H22N2O2. The minimum absolute atomic E-state index is 0.142. The maximum atomic E-state index is 6.22. The highest BCUT2D eigenvalue weighted by Gasteiger charge is 2.14. The summed E-state index contributed by atoms with van der Waals surface area (Å²) in [5, 5.41) is 3.44. The normalized spacial score (nSPS) is 14.0. The van der Waals surface area contributed by atoms with Gasteiger partial charge in [0.2, 0.25) is 6.79 Å². The second-order valence-corrected chi connectivity index (χ2v) is 5.60. The average Bonchev–Trinajstić information content (AvgIpc) is 3.00. The van der Waals surface area contributed by atoms with Crippen molar-refractivity contribution in [1.29, 1.82) is 0 Å². The van der Waals surface area contributed by atoms with Crippen LogP contribution >= 0.6 is 0 Å². The summed E-state index contributed by atoms with van der Waals surface area (Å²) >= 11 is 0. The number of nitrogens with one attached hydrogen (secondary N) is 1. The Balaban J connectivity index is 1.40. The Labute approximate surface area is 131 Å². The smallest absolute Gasteiger partial charge is 0.231 e. The molecule has 1 atom stereocenters. The molecule has 2 aromatic carbocycles. The second-order valence-electron chi connectivity index (χ2n) is 5.60. The van der Waals surface area contributed by atoms with E-state index in [0.29, 0.717) is 6.79 Å². The Morgan fingerprint density at radius 1 is 1.00 bits per heavy atom. The van der Waals surface area contributed by atoms with E-state index in [-0.39, 0.29) is 6.04 Å². The van der Waals surface area contributed by atoms with Crippen LogP contribution in [0.4, 0.5) is 0 Å². The Hall–Kier alpha value is -2.04. The van der Waals surface area contributed by atoms with Crippen molar-refractivity contribution in [2.45, 2.75) is 25.4 Å². The molecule has 0 fully saturated rings. The first kappa shape index (κ1) is 14.9. The monoisotopic (exact) mass is 298 g/mol. The molecule has 4 heteroatoms. The van der Waals surface area contributed by atoms with Crippen LogP contribution in [0.15, 0.2) is 48.5 Å². The molecule has 22 heavy (non-hydrogen) atoms. The van der Waals surface area contributed by atoms with Crippen molar-refractivity contribution in [2.75, 3.05) is 13.3 Å². The minimum atomic E-state index is 0.142. The topological polar surface area (TPSA) is 56.5 Å². The Morgan fingerprint density at radius 3 is 2.68 bits per heavy atom. The Kier molecular flexibility index (Phi) is 4.93. The maximum absolute atomic E-state index is 6.22. The van der Waals surface area contributed by atoms with Crippen molar-refractivity contribution in [3.8, 4) is 11.5 Å². The SMILES string of the molecule is NC(CCNCc1ccccc1)Cc1ccc2c(c1)OCO2. The molecule has 3 rings (SSSR count). The van der Waals surface area contributed by atoms with Gasteiger partial charge in [-0.05, 0) is 42.6 Å². The molecule has 2 aromatic rings. The number of hydrogen-bond donors (Lipinski definition) is 2. The third-order valence-electron chi connectivity index (χ3n) is 3.80. The molecular weight excluding hydrogens is 276 g/mol. The minimum Gasteiger partial charge on any atom is -0.454 e. The van der Waals surface area contributed by atoms with Gasteiger partial charge in [0, 0.05) is 12.6 Å². The van der Waals surface area contributed by atoms with Gasteiger partial charge >= 0.3 is 0 Å². The van der Waals surface area contributed by atoms with Crippen molar-refractivity contribution >= 4 is 0 Å². The predicted molar refractivity (Wildman–Crippen MR) is 87.0 cm³/mol. The van der Waals surface area contributed by atoms with Gasteiger partial charge in [-0.2, -0.15) is 0 Å². The van der Waals surface area contributed by atoms with Gasteiger partial charge in [-0.25, -0.2) is 0 Å². The summed E-state index contributed by atoms with van der Waals surface area (Å²) in [6, 6.07) is 16.6. The van der Waals surface area contributed by atoms with Crippen LogP contribution in [0.3, 0.4) is 0 Å². The lowest BCUT2D eigenvalue weighted by Crippen LogP contribution is -2.28. The van der Waals surface area contributed by atoms with Crippen LogP contribution in [0, 0.1) is 0 Å². The first-order valence-electron chi connectivity index (χ1n) is 7.70. The standard InChI is InChI=1S/C18H22N2O2/c19-16(8-9-20-12-14-4-2-1-3-5-14)10-15-6-7-17-18(11-15)22-13-21-17/h1-7,11,16,20H,8-10,12-13,19H2. The van der Waals surface area contributed by atoms with Crippen LogP contribution < -0.4 is 20.5 Å². The highest BCUT2D eigenvalue weighted by atomic mass is 16.7. The maximum Gasteiger partial charge on any atom is 0.231 e. The van der Waals surface area contributed by atoms with Crippen LogP contribution in [0.2, 0.25) is 0 Å². The Bertz CT molecular complexity index is 601. The van der Waals surface area contributed by atoms with Crippen molar-refractivity contribution in [3.63, 3.8) is 0 Å². The van der Waals surface area contributed by atoms with Crippen molar-refractivity contribution < 1.29 is 9.47 Å². The highest BCUT2D eigenvalue weighted by molar-refractivity contribution is 5.44. The average molecular weight is 298 g/mol. The molecule has 0 aromatic heterocycles. The van der Waals surface area contributed by atoms with E-state index >= 15 is 0 Å². The molecule has 1 aliphatic heterocycles. The lowest BCUT2D eigenvalue weighted by atomic mass is 10.0. The number of nitrogens with two attached hydrogens (primary N) is 1. The van der Waals surface area contributed by atoms with Crippen LogP contribution in [0.1, 0.15) is 17.5 Å². The first-order valence-corrected chi connectivity index (χ1v) is 7.70. The summed E-state index contributed by atoms with van der Waals surface area (Å²) in [5.74, 6) is 1.65. The summed E-state index contributed by atoms with van der Waals surface area (Å²) in [5.41, 5.74) is 8.71. The second kappa shape index (κ2) is 7.29. The van der Waals surface area contributed by atoms with Gasteiger partial charge in [0.1, 0.15) is 0 Å². The van der Waals surface area contributed by atoms with E-state index in [9.17, 15) is 0 Å².